The number of hydrogen-bond donors (Lipinski definition) is 3. The molecule has 17 heavy (non-hydrogen) atoms. The van der Waals surface area contributed by atoms with Crippen molar-refractivity contribution in [3.05, 3.63) is 29.3 Å². The first kappa shape index (κ1) is 13.5. The Morgan fingerprint density at radius 2 is 2.18 bits per heavy atom. The maximum Gasteiger partial charge on any atom is 0.255 e. The summed E-state index contributed by atoms with van der Waals surface area (Å²) >= 11 is 0. The fraction of sp³-hybridized carbons (Fsp3) is 0.462. The van der Waals surface area contributed by atoms with Crippen molar-refractivity contribution in [1.29, 1.82) is 0 Å². The second-order valence-electron chi connectivity index (χ2n) is 4.11. The summed E-state index contributed by atoms with van der Waals surface area (Å²) in [5.74, 6) is -0.316. The lowest BCUT2D eigenvalue weighted by Gasteiger charge is -2.16. The Kier molecular flexibility index (Phi) is 4.97. The molecule has 1 unspecified atom stereocenters. The van der Waals surface area contributed by atoms with Crippen LogP contribution in [0.4, 0.5) is 0 Å². The number of aromatic hydroxyl groups is 1. The molecule has 0 aliphatic carbocycles. The van der Waals surface area contributed by atoms with Crippen molar-refractivity contribution >= 4 is 5.91 Å². The highest BCUT2D eigenvalue weighted by Gasteiger charge is 2.14. The number of carbonyl (C=O) groups excluding carboxylic acids is 1. The van der Waals surface area contributed by atoms with Crippen molar-refractivity contribution in [2.24, 2.45) is 0 Å². The van der Waals surface area contributed by atoms with Gasteiger partial charge in [0.05, 0.1) is 5.56 Å². The summed E-state index contributed by atoms with van der Waals surface area (Å²) in [4.78, 5) is 11.9. The Balaban J connectivity index is 2.75. The topological polar surface area (TPSA) is 69.6 Å². The molecule has 3 N–H and O–H groups in total. The van der Waals surface area contributed by atoms with E-state index in [9.17, 15) is 9.90 Å². The van der Waals surface area contributed by atoms with Gasteiger partial charge >= 0.3 is 0 Å². The number of aliphatic hydroxyl groups is 1. The molecule has 0 heterocycles. The fourth-order valence-corrected chi connectivity index (χ4v) is 1.63. The van der Waals surface area contributed by atoms with Crippen molar-refractivity contribution in [2.75, 3.05) is 6.61 Å². The van der Waals surface area contributed by atoms with Crippen LogP contribution in [0.5, 0.6) is 5.75 Å². The number of nitrogens with one attached hydrogen (secondary N) is 1. The number of phenols is 1. The second-order valence-corrected chi connectivity index (χ2v) is 4.11. The Bertz CT molecular complexity index is 390. The minimum absolute atomic E-state index is 0.0126. The number of aryl methyl sites for hydroxylation is 1. The molecule has 1 rings (SSSR count). The standard InChI is InChI=1S/C13H19NO3/c1-3-10(6-7-15)14-13(17)11-5-4-9(2)8-12(11)16/h4-5,8,10,15-16H,3,6-7H2,1-2H3,(H,14,17). The van der Waals surface area contributed by atoms with Gasteiger partial charge in [-0.3, -0.25) is 4.79 Å². The molecule has 0 saturated carbocycles. The van der Waals surface area contributed by atoms with Crippen molar-refractivity contribution in [3.8, 4) is 5.75 Å². The molecule has 0 spiro atoms. The molecule has 0 fully saturated rings. The van der Waals surface area contributed by atoms with Gasteiger partial charge in [-0.05, 0) is 37.5 Å². The summed E-state index contributed by atoms with van der Waals surface area (Å²) in [5.41, 5.74) is 1.17. The van der Waals surface area contributed by atoms with Crippen LogP contribution >= 0.6 is 0 Å². The zero-order valence-electron chi connectivity index (χ0n) is 10.2. The lowest BCUT2D eigenvalue weighted by Crippen LogP contribution is -2.35. The molecule has 0 aliphatic heterocycles. The van der Waals surface area contributed by atoms with Crippen LogP contribution in [0.15, 0.2) is 18.2 Å². The van der Waals surface area contributed by atoms with Gasteiger partial charge in [0.1, 0.15) is 5.75 Å². The van der Waals surface area contributed by atoms with Gasteiger partial charge in [0.25, 0.3) is 5.91 Å². The summed E-state index contributed by atoms with van der Waals surface area (Å²) in [7, 11) is 0. The van der Waals surface area contributed by atoms with Crippen molar-refractivity contribution in [1.82, 2.24) is 5.32 Å². The van der Waals surface area contributed by atoms with Gasteiger partial charge in [-0.1, -0.05) is 13.0 Å². The van der Waals surface area contributed by atoms with E-state index >= 15 is 0 Å². The molecular weight excluding hydrogens is 218 g/mol. The molecule has 0 aliphatic rings. The van der Waals surface area contributed by atoms with E-state index in [2.05, 4.69) is 5.32 Å². The van der Waals surface area contributed by atoms with Crippen LogP contribution in [0.2, 0.25) is 0 Å². The quantitative estimate of drug-likeness (QED) is 0.728. The van der Waals surface area contributed by atoms with Gasteiger partial charge in [-0.15, -0.1) is 0 Å². The molecule has 1 amide bonds. The Labute approximate surface area is 101 Å². The average Bonchev–Trinajstić information content (AvgIpc) is 2.28. The molecule has 4 heteroatoms. The van der Waals surface area contributed by atoms with Crippen molar-refractivity contribution in [2.45, 2.75) is 32.7 Å². The molecule has 94 valence electrons. The summed E-state index contributed by atoms with van der Waals surface area (Å²) in [6.07, 6.45) is 1.27. The van der Waals surface area contributed by atoms with E-state index in [1.54, 1.807) is 18.2 Å². The van der Waals surface area contributed by atoms with Crippen LogP contribution in [0.3, 0.4) is 0 Å². The summed E-state index contributed by atoms with van der Waals surface area (Å²) in [6.45, 7) is 3.83. The predicted molar refractivity (Wildman–Crippen MR) is 66.1 cm³/mol. The van der Waals surface area contributed by atoms with Crippen LogP contribution in [-0.2, 0) is 0 Å². The van der Waals surface area contributed by atoms with Gasteiger partial charge in [0.2, 0.25) is 0 Å². The largest absolute Gasteiger partial charge is 0.507 e. The molecular formula is C13H19NO3. The van der Waals surface area contributed by atoms with E-state index < -0.39 is 0 Å². The third-order valence-corrected chi connectivity index (χ3v) is 2.70. The zero-order valence-corrected chi connectivity index (χ0v) is 10.2. The zero-order chi connectivity index (χ0) is 12.8. The minimum atomic E-state index is -0.303. The Morgan fingerprint density at radius 1 is 1.47 bits per heavy atom. The van der Waals surface area contributed by atoms with E-state index in [4.69, 9.17) is 5.11 Å². The SMILES string of the molecule is CCC(CCO)NC(=O)c1ccc(C)cc1O. The van der Waals surface area contributed by atoms with Crippen molar-refractivity contribution in [3.63, 3.8) is 0 Å². The first-order valence-electron chi connectivity index (χ1n) is 5.79. The highest BCUT2D eigenvalue weighted by Crippen LogP contribution is 2.18. The number of rotatable bonds is 5. The van der Waals surface area contributed by atoms with Gasteiger partial charge in [0, 0.05) is 12.6 Å². The smallest absolute Gasteiger partial charge is 0.255 e. The first-order valence-corrected chi connectivity index (χ1v) is 5.79. The third kappa shape index (κ3) is 3.75. The van der Waals surface area contributed by atoms with Gasteiger partial charge < -0.3 is 15.5 Å². The van der Waals surface area contributed by atoms with Crippen LogP contribution in [0.25, 0.3) is 0 Å². The number of hydrogen-bond acceptors (Lipinski definition) is 3. The second kappa shape index (κ2) is 6.25. The molecule has 0 aromatic heterocycles. The fourth-order valence-electron chi connectivity index (χ4n) is 1.63. The summed E-state index contributed by atoms with van der Waals surface area (Å²) < 4.78 is 0. The molecule has 0 bridgehead atoms. The number of carbonyl (C=O) groups is 1. The van der Waals surface area contributed by atoms with Crippen LogP contribution < -0.4 is 5.32 Å². The Morgan fingerprint density at radius 3 is 2.71 bits per heavy atom. The lowest BCUT2D eigenvalue weighted by atomic mass is 10.1. The summed E-state index contributed by atoms with van der Waals surface area (Å²) in [5, 5.41) is 21.3. The highest BCUT2D eigenvalue weighted by molar-refractivity contribution is 5.97. The number of aliphatic hydroxyl groups excluding tert-OH is 1. The van der Waals surface area contributed by atoms with Crippen LogP contribution in [0, 0.1) is 6.92 Å². The lowest BCUT2D eigenvalue weighted by molar-refractivity contribution is 0.0926. The molecule has 0 saturated heterocycles. The molecule has 1 aromatic carbocycles. The van der Waals surface area contributed by atoms with E-state index in [1.165, 1.54) is 0 Å². The minimum Gasteiger partial charge on any atom is -0.507 e. The maximum atomic E-state index is 11.9. The summed E-state index contributed by atoms with van der Waals surface area (Å²) in [6, 6.07) is 4.88. The van der Waals surface area contributed by atoms with E-state index in [0.717, 1.165) is 12.0 Å². The van der Waals surface area contributed by atoms with E-state index in [0.29, 0.717) is 6.42 Å². The average molecular weight is 237 g/mol. The third-order valence-electron chi connectivity index (χ3n) is 2.70. The van der Waals surface area contributed by atoms with Gasteiger partial charge in [0.15, 0.2) is 0 Å². The van der Waals surface area contributed by atoms with Gasteiger partial charge in [-0.2, -0.15) is 0 Å². The highest BCUT2D eigenvalue weighted by atomic mass is 16.3. The molecule has 1 atom stereocenters. The number of phenolic OH excluding ortho intramolecular Hbond substituents is 1. The number of benzene rings is 1. The molecule has 1 aromatic rings. The normalized spacial score (nSPS) is 12.2. The molecule has 0 radical (unpaired) electrons. The van der Waals surface area contributed by atoms with E-state index in [1.807, 2.05) is 13.8 Å². The molecule has 4 nitrogen and oxygen atoms in total. The maximum absolute atomic E-state index is 11.9. The monoisotopic (exact) mass is 237 g/mol. The predicted octanol–water partition coefficient (Wildman–Crippen LogP) is 1.59. The van der Waals surface area contributed by atoms with Gasteiger partial charge in [-0.25, -0.2) is 0 Å². The number of amides is 1. The van der Waals surface area contributed by atoms with E-state index in [-0.39, 0.29) is 29.9 Å². The Hall–Kier alpha value is -1.55. The van der Waals surface area contributed by atoms with Crippen molar-refractivity contribution < 1.29 is 15.0 Å². The van der Waals surface area contributed by atoms with Crippen LogP contribution in [-0.4, -0.2) is 28.8 Å². The van der Waals surface area contributed by atoms with Crippen LogP contribution in [0.1, 0.15) is 35.7 Å². The first-order chi connectivity index (χ1) is 8.08.